The van der Waals surface area contributed by atoms with Gasteiger partial charge in [0.05, 0.1) is 19.1 Å². The summed E-state index contributed by atoms with van der Waals surface area (Å²) < 4.78 is 5.19. The second-order valence-electron chi connectivity index (χ2n) is 5.75. The maximum atomic E-state index is 12.0. The van der Waals surface area contributed by atoms with Gasteiger partial charge in [0.15, 0.2) is 0 Å². The molecule has 1 unspecified atom stereocenters. The van der Waals surface area contributed by atoms with Crippen molar-refractivity contribution >= 4 is 24.0 Å². The quantitative estimate of drug-likeness (QED) is 0.706. The molecule has 7 nitrogen and oxygen atoms in total. The number of rotatable bonds is 8. The molecule has 132 valence electrons. The molecule has 2 amide bonds. The normalized spacial score (nSPS) is 11.7. The summed E-state index contributed by atoms with van der Waals surface area (Å²) in [4.78, 5) is 35.6. The Hall–Kier alpha value is -2.41. The number of likely N-dealkylation sites (N-methyl/N-ethyl adjacent to an activating group) is 1. The Bertz CT molecular complexity index is 557. The van der Waals surface area contributed by atoms with Crippen molar-refractivity contribution in [3.05, 3.63) is 29.8 Å². The third kappa shape index (κ3) is 6.00. The standard InChI is InChI=1S/C17H24N2O5/c1-12(2)15(10-21)19(3)17(23)24-11-13-4-6-14(7-5-13)18-16(22)8-9-20/h4-7,10,12,15,20H,8-9,11H2,1-3H3,(H,18,22). The van der Waals surface area contributed by atoms with Crippen molar-refractivity contribution in [1.29, 1.82) is 0 Å². The van der Waals surface area contributed by atoms with Gasteiger partial charge in [-0.05, 0) is 23.6 Å². The summed E-state index contributed by atoms with van der Waals surface area (Å²) in [6.07, 6.45) is 0.205. The number of hydrogen-bond acceptors (Lipinski definition) is 5. The number of carbonyl (C=O) groups is 3. The lowest BCUT2D eigenvalue weighted by Gasteiger charge is -2.25. The van der Waals surface area contributed by atoms with Gasteiger partial charge in [-0.25, -0.2) is 4.79 Å². The van der Waals surface area contributed by atoms with Crippen LogP contribution in [0.4, 0.5) is 10.5 Å². The zero-order valence-corrected chi connectivity index (χ0v) is 14.2. The van der Waals surface area contributed by atoms with Crippen LogP contribution in [0.5, 0.6) is 0 Å². The fraction of sp³-hybridized carbons (Fsp3) is 0.471. The highest BCUT2D eigenvalue weighted by Gasteiger charge is 2.23. The van der Waals surface area contributed by atoms with Crippen LogP contribution in [-0.4, -0.2) is 48.0 Å². The molecule has 0 heterocycles. The van der Waals surface area contributed by atoms with Crippen LogP contribution in [0.15, 0.2) is 24.3 Å². The predicted molar refractivity (Wildman–Crippen MR) is 89.4 cm³/mol. The van der Waals surface area contributed by atoms with Gasteiger partial charge in [0, 0.05) is 12.7 Å². The minimum Gasteiger partial charge on any atom is -0.445 e. The molecule has 1 aromatic rings. The number of nitrogens with one attached hydrogen (secondary N) is 1. The van der Waals surface area contributed by atoms with Crippen molar-refractivity contribution in [3.8, 4) is 0 Å². The van der Waals surface area contributed by atoms with E-state index in [1.165, 1.54) is 11.9 Å². The van der Waals surface area contributed by atoms with E-state index in [0.717, 1.165) is 11.8 Å². The summed E-state index contributed by atoms with van der Waals surface area (Å²) >= 11 is 0. The lowest BCUT2D eigenvalue weighted by molar-refractivity contribution is -0.116. The first-order chi connectivity index (χ1) is 11.4. The number of benzene rings is 1. The average molecular weight is 336 g/mol. The molecule has 0 aromatic heterocycles. The summed E-state index contributed by atoms with van der Waals surface area (Å²) in [6, 6.07) is 6.29. The number of aldehydes is 1. The van der Waals surface area contributed by atoms with E-state index in [4.69, 9.17) is 9.84 Å². The third-order valence-corrected chi connectivity index (χ3v) is 3.50. The monoisotopic (exact) mass is 336 g/mol. The largest absolute Gasteiger partial charge is 0.445 e. The molecule has 24 heavy (non-hydrogen) atoms. The molecule has 0 radical (unpaired) electrons. The number of nitrogens with zero attached hydrogens (tertiary/aromatic N) is 1. The van der Waals surface area contributed by atoms with E-state index in [2.05, 4.69) is 5.32 Å². The van der Waals surface area contributed by atoms with Crippen molar-refractivity contribution < 1.29 is 24.2 Å². The van der Waals surface area contributed by atoms with Gasteiger partial charge in [0.25, 0.3) is 0 Å². The van der Waals surface area contributed by atoms with Crippen LogP contribution in [0.3, 0.4) is 0 Å². The van der Waals surface area contributed by atoms with Crippen LogP contribution in [0.25, 0.3) is 0 Å². The Morgan fingerprint density at radius 3 is 2.42 bits per heavy atom. The number of aliphatic hydroxyl groups excluding tert-OH is 1. The molecule has 0 aliphatic carbocycles. The average Bonchev–Trinajstić information content (AvgIpc) is 2.54. The molecule has 0 aliphatic heterocycles. The Morgan fingerprint density at radius 2 is 1.92 bits per heavy atom. The third-order valence-electron chi connectivity index (χ3n) is 3.50. The van der Waals surface area contributed by atoms with Crippen molar-refractivity contribution in [2.75, 3.05) is 19.0 Å². The topological polar surface area (TPSA) is 95.9 Å². The van der Waals surface area contributed by atoms with Gasteiger partial charge in [-0.15, -0.1) is 0 Å². The molecule has 0 aliphatic rings. The molecule has 0 fully saturated rings. The summed E-state index contributed by atoms with van der Waals surface area (Å²) in [5.41, 5.74) is 1.35. The SMILES string of the molecule is CC(C)C(C=O)N(C)C(=O)OCc1ccc(NC(=O)CCO)cc1. The maximum absolute atomic E-state index is 12.0. The molecular formula is C17H24N2O5. The molecule has 1 aromatic carbocycles. The minimum atomic E-state index is -0.568. The number of anilines is 1. The first kappa shape index (κ1) is 19.6. The highest BCUT2D eigenvalue weighted by atomic mass is 16.6. The van der Waals surface area contributed by atoms with E-state index in [1.807, 2.05) is 13.8 Å². The van der Waals surface area contributed by atoms with E-state index in [0.29, 0.717) is 5.69 Å². The molecule has 0 saturated carbocycles. The number of aliphatic hydroxyl groups is 1. The Morgan fingerprint density at radius 1 is 1.29 bits per heavy atom. The fourth-order valence-corrected chi connectivity index (χ4v) is 2.07. The van der Waals surface area contributed by atoms with Crippen LogP contribution in [0.1, 0.15) is 25.8 Å². The van der Waals surface area contributed by atoms with Crippen LogP contribution >= 0.6 is 0 Å². The second-order valence-corrected chi connectivity index (χ2v) is 5.75. The van der Waals surface area contributed by atoms with Gasteiger partial charge < -0.3 is 24.9 Å². The van der Waals surface area contributed by atoms with E-state index < -0.39 is 12.1 Å². The number of hydrogen-bond donors (Lipinski definition) is 2. The number of carbonyl (C=O) groups excluding carboxylic acids is 3. The highest BCUT2D eigenvalue weighted by Crippen LogP contribution is 2.13. The van der Waals surface area contributed by atoms with Gasteiger partial charge in [0.1, 0.15) is 12.9 Å². The second kappa shape index (κ2) is 9.67. The Kier molecular flexibility index (Phi) is 7.91. The molecule has 7 heteroatoms. The highest BCUT2D eigenvalue weighted by molar-refractivity contribution is 5.90. The summed E-state index contributed by atoms with van der Waals surface area (Å²) in [5, 5.41) is 11.3. The van der Waals surface area contributed by atoms with E-state index >= 15 is 0 Å². The van der Waals surface area contributed by atoms with Crippen LogP contribution in [-0.2, 0) is 20.9 Å². The zero-order valence-electron chi connectivity index (χ0n) is 14.2. The first-order valence-electron chi connectivity index (χ1n) is 7.73. The lowest BCUT2D eigenvalue weighted by Crippen LogP contribution is -2.41. The fourth-order valence-electron chi connectivity index (χ4n) is 2.07. The van der Waals surface area contributed by atoms with Crippen LogP contribution < -0.4 is 5.32 Å². The molecule has 1 atom stereocenters. The summed E-state index contributed by atoms with van der Waals surface area (Å²) in [5.74, 6) is -0.270. The number of ether oxygens (including phenoxy) is 1. The van der Waals surface area contributed by atoms with Gasteiger partial charge in [-0.2, -0.15) is 0 Å². The lowest BCUT2D eigenvalue weighted by atomic mass is 10.1. The molecular weight excluding hydrogens is 312 g/mol. The number of amides is 2. The van der Waals surface area contributed by atoms with Crippen molar-refractivity contribution in [1.82, 2.24) is 4.90 Å². The van der Waals surface area contributed by atoms with Crippen molar-refractivity contribution in [2.24, 2.45) is 5.92 Å². The summed E-state index contributed by atoms with van der Waals surface area (Å²) in [7, 11) is 1.53. The Labute approximate surface area is 141 Å². The first-order valence-corrected chi connectivity index (χ1v) is 7.73. The molecule has 0 bridgehead atoms. The summed E-state index contributed by atoms with van der Waals surface area (Å²) in [6.45, 7) is 3.57. The predicted octanol–water partition coefficient (Wildman–Crippen LogP) is 1.80. The Balaban J connectivity index is 2.54. The van der Waals surface area contributed by atoms with Gasteiger partial charge >= 0.3 is 6.09 Å². The van der Waals surface area contributed by atoms with E-state index in [1.54, 1.807) is 24.3 Å². The molecule has 2 N–H and O–H groups in total. The molecule has 0 saturated heterocycles. The van der Waals surface area contributed by atoms with Gasteiger partial charge in [0.2, 0.25) is 5.91 Å². The van der Waals surface area contributed by atoms with Crippen molar-refractivity contribution in [3.63, 3.8) is 0 Å². The van der Waals surface area contributed by atoms with Crippen LogP contribution in [0.2, 0.25) is 0 Å². The zero-order chi connectivity index (χ0) is 18.1. The molecule has 0 spiro atoms. The minimum absolute atomic E-state index is 0.00173. The van der Waals surface area contributed by atoms with Crippen molar-refractivity contribution in [2.45, 2.75) is 32.9 Å². The smallest absolute Gasteiger partial charge is 0.410 e. The van der Waals surface area contributed by atoms with E-state index in [9.17, 15) is 14.4 Å². The molecule has 1 rings (SSSR count). The van der Waals surface area contributed by atoms with Crippen LogP contribution in [0, 0.1) is 5.92 Å². The maximum Gasteiger partial charge on any atom is 0.410 e. The van der Waals surface area contributed by atoms with Gasteiger partial charge in [-0.3, -0.25) is 4.79 Å². The van der Waals surface area contributed by atoms with E-state index in [-0.39, 0.29) is 31.5 Å². The van der Waals surface area contributed by atoms with Gasteiger partial charge in [-0.1, -0.05) is 26.0 Å².